The molecule has 0 saturated carbocycles. The van der Waals surface area contributed by atoms with Crippen LogP contribution in [0.4, 0.5) is 5.13 Å². The number of rotatable bonds is 8. The molecule has 0 aliphatic carbocycles. The Balaban J connectivity index is 1.49. The predicted octanol–water partition coefficient (Wildman–Crippen LogP) is 3.94. The standard InChI is InChI=1S/C20H21N3O4S2/c1-14-12-17(15(2)27-14)18-13-28-20(22-18)23-19(24)8-10-21-29(25,26)11-9-16-6-4-3-5-7-16/h3-7,9,11-13,21H,8,10H2,1-2H3,(H,22,23,24)/b11-9+. The largest absolute Gasteiger partial charge is 0.466 e. The van der Waals surface area contributed by atoms with Crippen molar-refractivity contribution in [3.8, 4) is 11.3 Å². The van der Waals surface area contributed by atoms with Crippen molar-refractivity contribution in [3.63, 3.8) is 0 Å². The fourth-order valence-corrected chi connectivity index (χ4v) is 4.15. The number of carbonyl (C=O) groups excluding carboxylic acids is 1. The Morgan fingerprint density at radius 2 is 2.00 bits per heavy atom. The zero-order chi connectivity index (χ0) is 20.9. The third-order valence-corrected chi connectivity index (χ3v) is 5.82. The highest BCUT2D eigenvalue weighted by molar-refractivity contribution is 7.92. The second kappa shape index (κ2) is 9.17. The zero-order valence-corrected chi connectivity index (χ0v) is 17.6. The highest BCUT2D eigenvalue weighted by atomic mass is 32.2. The average molecular weight is 432 g/mol. The number of nitrogens with one attached hydrogen (secondary N) is 2. The lowest BCUT2D eigenvalue weighted by Gasteiger charge is -2.03. The van der Waals surface area contributed by atoms with Gasteiger partial charge in [-0.15, -0.1) is 11.3 Å². The molecule has 7 nitrogen and oxygen atoms in total. The number of hydrogen-bond acceptors (Lipinski definition) is 6. The van der Waals surface area contributed by atoms with Crippen molar-refractivity contribution in [3.05, 3.63) is 64.3 Å². The fraction of sp³-hybridized carbons (Fsp3) is 0.200. The van der Waals surface area contributed by atoms with Gasteiger partial charge < -0.3 is 9.73 Å². The molecule has 0 saturated heterocycles. The highest BCUT2D eigenvalue weighted by Crippen LogP contribution is 2.29. The molecule has 2 heterocycles. The topological polar surface area (TPSA) is 101 Å². The van der Waals surface area contributed by atoms with Gasteiger partial charge in [0.05, 0.1) is 5.69 Å². The van der Waals surface area contributed by atoms with E-state index in [4.69, 9.17) is 4.42 Å². The molecule has 1 aromatic carbocycles. The number of anilines is 1. The molecule has 152 valence electrons. The van der Waals surface area contributed by atoms with Gasteiger partial charge in [0.2, 0.25) is 15.9 Å². The minimum Gasteiger partial charge on any atom is -0.466 e. The number of furan rings is 1. The summed E-state index contributed by atoms with van der Waals surface area (Å²) < 4.78 is 31.9. The van der Waals surface area contributed by atoms with Gasteiger partial charge in [-0.1, -0.05) is 30.3 Å². The van der Waals surface area contributed by atoms with Gasteiger partial charge >= 0.3 is 0 Å². The molecule has 29 heavy (non-hydrogen) atoms. The van der Waals surface area contributed by atoms with Crippen LogP contribution in [0.2, 0.25) is 0 Å². The number of amides is 1. The van der Waals surface area contributed by atoms with Crippen LogP contribution in [-0.4, -0.2) is 25.9 Å². The SMILES string of the molecule is Cc1cc(-c2csc(NC(=O)CCNS(=O)(=O)/C=C/c3ccccc3)n2)c(C)o1. The molecule has 0 unspecified atom stereocenters. The Morgan fingerprint density at radius 1 is 1.24 bits per heavy atom. The van der Waals surface area contributed by atoms with Crippen LogP contribution in [0.25, 0.3) is 17.3 Å². The first kappa shape index (κ1) is 21.0. The van der Waals surface area contributed by atoms with Gasteiger partial charge in [0.15, 0.2) is 5.13 Å². The lowest BCUT2D eigenvalue weighted by atomic mass is 10.2. The number of aromatic nitrogens is 1. The van der Waals surface area contributed by atoms with Gasteiger partial charge in [-0.2, -0.15) is 0 Å². The van der Waals surface area contributed by atoms with Gasteiger partial charge in [-0.25, -0.2) is 18.1 Å². The second-order valence-corrected chi connectivity index (χ2v) is 8.82. The molecule has 0 bridgehead atoms. The van der Waals surface area contributed by atoms with Crippen molar-refractivity contribution in [1.82, 2.24) is 9.71 Å². The fourth-order valence-electron chi connectivity index (χ4n) is 2.61. The van der Waals surface area contributed by atoms with Crippen LogP contribution in [0.5, 0.6) is 0 Å². The molecule has 0 radical (unpaired) electrons. The Labute approximate surface area is 173 Å². The summed E-state index contributed by atoms with van der Waals surface area (Å²) in [5.74, 6) is 1.24. The number of aryl methyl sites for hydroxylation is 2. The van der Waals surface area contributed by atoms with E-state index in [1.807, 2.05) is 43.5 Å². The lowest BCUT2D eigenvalue weighted by molar-refractivity contribution is -0.116. The molecule has 0 atom stereocenters. The maximum atomic E-state index is 12.1. The smallest absolute Gasteiger partial charge is 0.233 e. The van der Waals surface area contributed by atoms with E-state index >= 15 is 0 Å². The minimum atomic E-state index is -3.62. The third kappa shape index (κ3) is 6.11. The van der Waals surface area contributed by atoms with Crippen molar-refractivity contribution in [2.45, 2.75) is 20.3 Å². The van der Waals surface area contributed by atoms with Crippen LogP contribution in [0.15, 0.2) is 51.6 Å². The van der Waals surface area contributed by atoms with Gasteiger partial charge in [0.1, 0.15) is 11.5 Å². The summed E-state index contributed by atoms with van der Waals surface area (Å²) >= 11 is 1.30. The van der Waals surface area contributed by atoms with Crippen molar-refractivity contribution in [1.29, 1.82) is 0 Å². The quantitative estimate of drug-likeness (QED) is 0.563. The summed E-state index contributed by atoms with van der Waals surface area (Å²) in [7, 11) is -3.62. The highest BCUT2D eigenvalue weighted by Gasteiger charge is 2.13. The first-order valence-corrected chi connectivity index (χ1v) is 11.3. The van der Waals surface area contributed by atoms with E-state index in [9.17, 15) is 13.2 Å². The van der Waals surface area contributed by atoms with E-state index in [0.29, 0.717) is 5.13 Å². The van der Waals surface area contributed by atoms with Crippen molar-refractivity contribution < 1.29 is 17.6 Å². The first-order chi connectivity index (χ1) is 13.8. The average Bonchev–Trinajstić information content (AvgIpc) is 3.26. The summed E-state index contributed by atoms with van der Waals surface area (Å²) in [6, 6.07) is 11.0. The Hall–Kier alpha value is -2.75. The third-order valence-electron chi connectivity index (χ3n) is 3.96. The number of nitrogens with zero attached hydrogens (tertiary/aromatic N) is 1. The number of sulfonamides is 1. The van der Waals surface area contributed by atoms with E-state index in [1.54, 1.807) is 12.1 Å². The molecule has 0 aliphatic rings. The molecular formula is C20H21N3O4S2. The predicted molar refractivity (Wildman–Crippen MR) is 115 cm³/mol. The van der Waals surface area contributed by atoms with E-state index < -0.39 is 10.0 Å². The summed E-state index contributed by atoms with van der Waals surface area (Å²) in [6.45, 7) is 3.71. The van der Waals surface area contributed by atoms with Crippen molar-refractivity contribution >= 4 is 38.5 Å². The van der Waals surface area contributed by atoms with Crippen molar-refractivity contribution in [2.75, 3.05) is 11.9 Å². The number of benzene rings is 1. The van der Waals surface area contributed by atoms with E-state index in [1.165, 1.54) is 17.4 Å². The van der Waals surface area contributed by atoms with Crippen LogP contribution < -0.4 is 10.0 Å². The Kier molecular flexibility index (Phi) is 6.63. The summed E-state index contributed by atoms with van der Waals surface area (Å²) in [4.78, 5) is 16.5. The van der Waals surface area contributed by atoms with Crippen LogP contribution in [0, 0.1) is 13.8 Å². The second-order valence-electron chi connectivity index (χ2n) is 6.32. The zero-order valence-electron chi connectivity index (χ0n) is 16.0. The van der Waals surface area contributed by atoms with Crippen LogP contribution in [0.3, 0.4) is 0 Å². The number of hydrogen-bond donors (Lipinski definition) is 2. The maximum Gasteiger partial charge on any atom is 0.233 e. The lowest BCUT2D eigenvalue weighted by Crippen LogP contribution is -2.26. The number of carbonyl (C=O) groups is 1. The number of thiazole rings is 1. The summed E-state index contributed by atoms with van der Waals surface area (Å²) in [6.07, 6.45) is 1.50. The van der Waals surface area contributed by atoms with E-state index in [-0.39, 0.29) is 18.9 Å². The molecule has 1 amide bonds. The molecule has 9 heteroatoms. The molecular weight excluding hydrogens is 410 g/mol. The van der Waals surface area contributed by atoms with E-state index in [2.05, 4.69) is 15.0 Å². The van der Waals surface area contributed by atoms with Gasteiger partial charge in [0.25, 0.3) is 0 Å². The van der Waals surface area contributed by atoms with Crippen LogP contribution in [0.1, 0.15) is 23.5 Å². The van der Waals surface area contributed by atoms with E-state index in [0.717, 1.165) is 33.7 Å². The molecule has 3 aromatic rings. The first-order valence-electron chi connectivity index (χ1n) is 8.88. The van der Waals surface area contributed by atoms with Gasteiger partial charge in [0, 0.05) is 29.3 Å². The molecule has 0 aliphatic heterocycles. The molecule has 0 spiro atoms. The van der Waals surface area contributed by atoms with Crippen molar-refractivity contribution in [2.24, 2.45) is 0 Å². The molecule has 2 aromatic heterocycles. The molecule has 2 N–H and O–H groups in total. The van der Waals surface area contributed by atoms with Crippen LogP contribution in [-0.2, 0) is 14.8 Å². The Morgan fingerprint density at radius 3 is 2.69 bits per heavy atom. The molecule has 0 fully saturated rings. The summed E-state index contributed by atoms with van der Waals surface area (Å²) in [5.41, 5.74) is 2.39. The van der Waals surface area contributed by atoms with Gasteiger partial charge in [-0.05, 0) is 31.6 Å². The minimum absolute atomic E-state index is 0.00281. The normalized spacial score (nSPS) is 11.8. The molecule has 3 rings (SSSR count). The van der Waals surface area contributed by atoms with Gasteiger partial charge in [-0.3, -0.25) is 4.79 Å². The summed E-state index contributed by atoms with van der Waals surface area (Å²) in [5, 5.41) is 6.06. The maximum absolute atomic E-state index is 12.1. The van der Waals surface area contributed by atoms with Crippen LogP contribution >= 0.6 is 11.3 Å². The Bertz CT molecular complexity index is 1120. The monoisotopic (exact) mass is 431 g/mol.